The summed E-state index contributed by atoms with van der Waals surface area (Å²) in [5.41, 5.74) is 1.01. The van der Waals surface area contributed by atoms with Crippen LogP contribution in [0.15, 0.2) is 66.2 Å². The first-order valence-electron chi connectivity index (χ1n) is 7.44. The first kappa shape index (κ1) is 17.0. The Morgan fingerprint density at radius 1 is 0.960 bits per heavy atom. The van der Waals surface area contributed by atoms with Crippen LogP contribution in [0.3, 0.4) is 0 Å². The summed E-state index contributed by atoms with van der Waals surface area (Å²) in [6, 6.07) is 20.4. The number of nitrogens with one attached hydrogen (secondary N) is 1. The standard InChI is InChI=1S/C20H12Cl2N2O/c21-17-6-3-7-18(22)19(17)24-20(25)16(12-23)11-13-8-9-14-4-1-2-5-15(14)10-13/h1-11H,(H,24,25)/b16-11+. The van der Waals surface area contributed by atoms with Crippen LogP contribution in [0.25, 0.3) is 16.8 Å². The van der Waals surface area contributed by atoms with Crippen LogP contribution in [0.2, 0.25) is 10.0 Å². The van der Waals surface area contributed by atoms with Crippen molar-refractivity contribution >= 4 is 51.6 Å². The Bertz CT molecular complexity index is 1020. The van der Waals surface area contributed by atoms with Crippen LogP contribution >= 0.6 is 23.2 Å². The Morgan fingerprint density at radius 3 is 2.32 bits per heavy atom. The highest BCUT2D eigenvalue weighted by Crippen LogP contribution is 2.30. The van der Waals surface area contributed by atoms with E-state index >= 15 is 0 Å². The Labute approximate surface area is 155 Å². The molecule has 25 heavy (non-hydrogen) atoms. The number of nitriles is 1. The highest BCUT2D eigenvalue weighted by molar-refractivity contribution is 6.40. The van der Waals surface area contributed by atoms with Crippen LogP contribution in [-0.2, 0) is 4.79 Å². The molecule has 1 amide bonds. The number of amides is 1. The molecule has 0 saturated heterocycles. The molecular formula is C20H12Cl2N2O. The van der Waals surface area contributed by atoms with Gasteiger partial charge >= 0.3 is 0 Å². The molecule has 122 valence electrons. The van der Waals surface area contributed by atoms with Crippen LogP contribution in [-0.4, -0.2) is 5.91 Å². The summed E-state index contributed by atoms with van der Waals surface area (Å²) < 4.78 is 0. The minimum atomic E-state index is -0.564. The molecule has 0 bridgehead atoms. The van der Waals surface area contributed by atoms with Crippen molar-refractivity contribution < 1.29 is 4.79 Å². The van der Waals surface area contributed by atoms with Gasteiger partial charge in [0, 0.05) is 0 Å². The lowest BCUT2D eigenvalue weighted by Gasteiger charge is -2.08. The molecule has 0 fully saturated rings. The van der Waals surface area contributed by atoms with E-state index < -0.39 is 5.91 Å². The number of anilines is 1. The molecule has 0 atom stereocenters. The molecular weight excluding hydrogens is 355 g/mol. The molecule has 0 saturated carbocycles. The normalized spacial score (nSPS) is 11.2. The molecule has 0 heterocycles. The molecule has 3 aromatic rings. The minimum Gasteiger partial charge on any atom is -0.319 e. The Hall–Kier alpha value is -2.80. The number of benzene rings is 3. The van der Waals surface area contributed by atoms with Gasteiger partial charge in [0.05, 0.1) is 15.7 Å². The Balaban J connectivity index is 1.91. The largest absolute Gasteiger partial charge is 0.319 e. The molecule has 0 aromatic heterocycles. The SMILES string of the molecule is N#C/C(=C\c1ccc2ccccc2c1)C(=O)Nc1c(Cl)cccc1Cl. The monoisotopic (exact) mass is 366 g/mol. The van der Waals surface area contributed by atoms with Gasteiger partial charge in [0.25, 0.3) is 5.91 Å². The second-order valence-electron chi connectivity index (χ2n) is 5.33. The minimum absolute atomic E-state index is 0.0359. The summed E-state index contributed by atoms with van der Waals surface area (Å²) in [4.78, 5) is 12.4. The van der Waals surface area contributed by atoms with Crippen LogP contribution < -0.4 is 5.32 Å². The van der Waals surface area contributed by atoms with Crippen LogP contribution in [0.5, 0.6) is 0 Å². The fourth-order valence-corrected chi connectivity index (χ4v) is 2.90. The van der Waals surface area contributed by atoms with Crippen molar-refractivity contribution in [3.63, 3.8) is 0 Å². The quantitative estimate of drug-likeness (QED) is 0.477. The molecule has 5 heteroatoms. The van der Waals surface area contributed by atoms with Crippen molar-refractivity contribution in [2.24, 2.45) is 0 Å². The van der Waals surface area contributed by atoms with E-state index in [1.165, 1.54) is 6.08 Å². The number of para-hydroxylation sites is 1. The van der Waals surface area contributed by atoms with E-state index in [0.717, 1.165) is 16.3 Å². The third kappa shape index (κ3) is 3.83. The number of rotatable bonds is 3. The second kappa shape index (κ2) is 7.40. The van der Waals surface area contributed by atoms with Crippen molar-refractivity contribution in [1.29, 1.82) is 5.26 Å². The maximum absolute atomic E-state index is 12.4. The number of carbonyl (C=O) groups is 1. The zero-order chi connectivity index (χ0) is 17.8. The van der Waals surface area contributed by atoms with Crippen LogP contribution in [0, 0.1) is 11.3 Å². The zero-order valence-corrected chi connectivity index (χ0v) is 14.5. The molecule has 3 nitrogen and oxygen atoms in total. The van der Waals surface area contributed by atoms with Gasteiger partial charge in [-0.05, 0) is 40.6 Å². The van der Waals surface area contributed by atoms with Crippen molar-refractivity contribution in [3.8, 4) is 6.07 Å². The Morgan fingerprint density at radius 2 is 1.64 bits per heavy atom. The number of hydrogen-bond donors (Lipinski definition) is 1. The fourth-order valence-electron chi connectivity index (χ4n) is 2.41. The molecule has 0 aliphatic heterocycles. The molecule has 3 rings (SSSR count). The Kier molecular flexibility index (Phi) is 5.04. The van der Waals surface area contributed by atoms with E-state index in [9.17, 15) is 10.1 Å². The molecule has 0 aliphatic rings. The van der Waals surface area contributed by atoms with E-state index in [1.807, 2.05) is 48.5 Å². The summed E-state index contributed by atoms with van der Waals surface area (Å²) in [6.45, 7) is 0. The topological polar surface area (TPSA) is 52.9 Å². The lowest BCUT2D eigenvalue weighted by molar-refractivity contribution is -0.112. The van der Waals surface area contributed by atoms with Crippen LogP contribution in [0.1, 0.15) is 5.56 Å². The van der Waals surface area contributed by atoms with E-state index in [-0.39, 0.29) is 11.3 Å². The second-order valence-corrected chi connectivity index (χ2v) is 6.14. The van der Waals surface area contributed by atoms with Gasteiger partial charge in [-0.25, -0.2) is 0 Å². The van der Waals surface area contributed by atoms with Crippen molar-refractivity contribution in [2.75, 3.05) is 5.32 Å². The van der Waals surface area contributed by atoms with Crippen molar-refractivity contribution in [3.05, 3.63) is 81.8 Å². The number of halogens is 2. The van der Waals surface area contributed by atoms with Gasteiger partial charge in [-0.1, -0.05) is 65.7 Å². The van der Waals surface area contributed by atoms with E-state index in [1.54, 1.807) is 18.2 Å². The predicted octanol–water partition coefficient (Wildman–Crippen LogP) is 5.69. The first-order valence-corrected chi connectivity index (χ1v) is 8.20. The number of hydrogen-bond acceptors (Lipinski definition) is 2. The third-order valence-corrected chi connectivity index (χ3v) is 4.28. The maximum atomic E-state index is 12.4. The smallest absolute Gasteiger partial charge is 0.266 e. The van der Waals surface area contributed by atoms with Crippen molar-refractivity contribution in [2.45, 2.75) is 0 Å². The maximum Gasteiger partial charge on any atom is 0.266 e. The number of carbonyl (C=O) groups excluding carboxylic acids is 1. The first-order chi connectivity index (χ1) is 12.1. The molecule has 0 radical (unpaired) electrons. The van der Waals surface area contributed by atoms with Gasteiger partial charge in [0.1, 0.15) is 11.6 Å². The average Bonchev–Trinajstić information content (AvgIpc) is 2.62. The summed E-state index contributed by atoms with van der Waals surface area (Å²) in [5.74, 6) is -0.564. The van der Waals surface area contributed by atoms with Gasteiger partial charge in [-0.2, -0.15) is 5.26 Å². The molecule has 3 aromatic carbocycles. The van der Waals surface area contributed by atoms with Gasteiger partial charge in [0.15, 0.2) is 0 Å². The van der Waals surface area contributed by atoms with Crippen molar-refractivity contribution in [1.82, 2.24) is 0 Å². The lowest BCUT2D eigenvalue weighted by Crippen LogP contribution is -2.14. The summed E-state index contributed by atoms with van der Waals surface area (Å²) in [5, 5.41) is 14.7. The average molecular weight is 367 g/mol. The molecule has 0 unspecified atom stereocenters. The number of fused-ring (bicyclic) bond motifs is 1. The van der Waals surface area contributed by atoms with E-state index in [0.29, 0.717) is 10.0 Å². The van der Waals surface area contributed by atoms with Gasteiger partial charge in [-0.3, -0.25) is 4.79 Å². The predicted molar refractivity (Wildman–Crippen MR) is 103 cm³/mol. The molecule has 1 N–H and O–H groups in total. The van der Waals surface area contributed by atoms with E-state index in [4.69, 9.17) is 23.2 Å². The summed E-state index contributed by atoms with van der Waals surface area (Å²) in [7, 11) is 0. The van der Waals surface area contributed by atoms with Gasteiger partial charge in [-0.15, -0.1) is 0 Å². The summed E-state index contributed by atoms with van der Waals surface area (Å²) >= 11 is 12.1. The molecule has 0 spiro atoms. The summed E-state index contributed by atoms with van der Waals surface area (Å²) in [6.07, 6.45) is 1.53. The zero-order valence-electron chi connectivity index (χ0n) is 13.0. The fraction of sp³-hybridized carbons (Fsp3) is 0. The van der Waals surface area contributed by atoms with Gasteiger partial charge < -0.3 is 5.32 Å². The highest BCUT2D eigenvalue weighted by atomic mass is 35.5. The highest BCUT2D eigenvalue weighted by Gasteiger charge is 2.13. The molecule has 0 aliphatic carbocycles. The van der Waals surface area contributed by atoms with E-state index in [2.05, 4.69) is 5.32 Å². The third-order valence-electron chi connectivity index (χ3n) is 3.65. The number of nitrogens with zero attached hydrogens (tertiary/aromatic N) is 1. The van der Waals surface area contributed by atoms with Crippen LogP contribution in [0.4, 0.5) is 5.69 Å². The van der Waals surface area contributed by atoms with Gasteiger partial charge in [0.2, 0.25) is 0 Å². The lowest BCUT2D eigenvalue weighted by atomic mass is 10.0.